The lowest BCUT2D eigenvalue weighted by molar-refractivity contribution is -0.181. The molecule has 1 atom stereocenters. The van der Waals surface area contributed by atoms with Crippen molar-refractivity contribution in [3.05, 3.63) is 35.6 Å². The van der Waals surface area contributed by atoms with E-state index in [4.69, 9.17) is 4.74 Å². The van der Waals surface area contributed by atoms with E-state index in [0.29, 0.717) is 38.1 Å². The summed E-state index contributed by atoms with van der Waals surface area (Å²) < 4.78 is 19.7. The van der Waals surface area contributed by atoms with E-state index in [-0.39, 0.29) is 23.7 Å². The predicted molar refractivity (Wildman–Crippen MR) is 89.1 cm³/mol. The SMILES string of the molecule is CCC1(O)CCOC2(CCN(C(=O)Cc3ccccc3F)CC2)C1. The summed E-state index contributed by atoms with van der Waals surface area (Å²) in [6.45, 7) is 3.79. The first-order valence-electron chi connectivity index (χ1n) is 8.83. The van der Waals surface area contributed by atoms with Gasteiger partial charge in [0.15, 0.2) is 0 Å². The summed E-state index contributed by atoms with van der Waals surface area (Å²) in [5.41, 5.74) is -0.507. The highest BCUT2D eigenvalue weighted by molar-refractivity contribution is 5.79. The van der Waals surface area contributed by atoms with E-state index in [1.807, 2.05) is 6.92 Å². The number of hydrogen-bond acceptors (Lipinski definition) is 3. The van der Waals surface area contributed by atoms with Crippen LogP contribution in [0.4, 0.5) is 4.39 Å². The molecule has 1 spiro atoms. The van der Waals surface area contributed by atoms with E-state index < -0.39 is 5.60 Å². The fourth-order valence-corrected chi connectivity index (χ4v) is 3.90. The third-order valence-corrected chi connectivity index (χ3v) is 5.61. The van der Waals surface area contributed by atoms with Crippen LogP contribution in [0.1, 0.15) is 44.6 Å². The lowest BCUT2D eigenvalue weighted by Crippen LogP contribution is -2.55. The second kappa shape index (κ2) is 6.81. The van der Waals surface area contributed by atoms with Crippen molar-refractivity contribution in [3.63, 3.8) is 0 Å². The number of amides is 1. The number of nitrogens with zero attached hydrogens (tertiary/aromatic N) is 1. The monoisotopic (exact) mass is 335 g/mol. The molecule has 2 aliphatic rings. The Morgan fingerprint density at radius 2 is 2.00 bits per heavy atom. The zero-order valence-electron chi connectivity index (χ0n) is 14.3. The predicted octanol–water partition coefficient (Wildman–Crippen LogP) is 2.68. The van der Waals surface area contributed by atoms with E-state index in [0.717, 1.165) is 19.3 Å². The Balaban J connectivity index is 1.59. The molecule has 1 amide bonds. The van der Waals surface area contributed by atoms with E-state index in [2.05, 4.69) is 0 Å². The number of piperidine rings is 1. The van der Waals surface area contributed by atoms with Crippen LogP contribution in [0.3, 0.4) is 0 Å². The zero-order valence-corrected chi connectivity index (χ0v) is 14.3. The van der Waals surface area contributed by atoms with Crippen molar-refractivity contribution in [1.82, 2.24) is 4.90 Å². The Labute approximate surface area is 142 Å². The molecule has 2 saturated heterocycles. The minimum atomic E-state index is -0.641. The van der Waals surface area contributed by atoms with Gasteiger partial charge in [0, 0.05) is 19.5 Å². The lowest BCUT2D eigenvalue weighted by Gasteiger charge is -2.49. The Kier molecular flexibility index (Phi) is 4.92. The molecule has 1 unspecified atom stereocenters. The van der Waals surface area contributed by atoms with Crippen molar-refractivity contribution in [2.75, 3.05) is 19.7 Å². The van der Waals surface area contributed by atoms with Crippen molar-refractivity contribution in [3.8, 4) is 0 Å². The average molecular weight is 335 g/mol. The van der Waals surface area contributed by atoms with Crippen LogP contribution in [0.2, 0.25) is 0 Å². The van der Waals surface area contributed by atoms with Crippen molar-refractivity contribution in [2.45, 2.75) is 56.7 Å². The molecule has 0 aromatic heterocycles. The van der Waals surface area contributed by atoms with Crippen molar-refractivity contribution >= 4 is 5.91 Å². The molecular formula is C19H26FNO3. The van der Waals surface area contributed by atoms with Gasteiger partial charge in [-0.05, 0) is 37.3 Å². The van der Waals surface area contributed by atoms with Gasteiger partial charge in [0.1, 0.15) is 5.82 Å². The smallest absolute Gasteiger partial charge is 0.227 e. The molecule has 0 bridgehead atoms. The first-order valence-corrected chi connectivity index (χ1v) is 8.83. The topological polar surface area (TPSA) is 49.8 Å². The van der Waals surface area contributed by atoms with E-state index in [1.54, 1.807) is 23.1 Å². The van der Waals surface area contributed by atoms with Gasteiger partial charge in [0.25, 0.3) is 0 Å². The van der Waals surface area contributed by atoms with Gasteiger partial charge >= 0.3 is 0 Å². The molecule has 0 radical (unpaired) electrons. The summed E-state index contributed by atoms with van der Waals surface area (Å²) >= 11 is 0. The molecule has 2 fully saturated rings. The Morgan fingerprint density at radius 1 is 1.29 bits per heavy atom. The number of benzene rings is 1. The lowest BCUT2D eigenvalue weighted by atomic mass is 9.76. The maximum absolute atomic E-state index is 13.7. The Hall–Kier alpha value is -1.46. The van der Waals surface area contributed by atoms with Crippen molar-refractivity contribution in [1.29, 1.82) is 0 Å². The second-order valence-corrected chi connectivity index (χ2v) is 7.19. The highest BCUT2D eigenvalue weighted by atomic mass is 19.1. The molecule has 0 saturated carbocycles. The van der Waals surface area contributed by atoms with Gasteiger partial charge in [-0.15, -0.1) is 0 Å². The highest BCUT2D eigenvalue weighted by Gasteiger charge is 2.46. The maximum Gasteiger partial charge on any atom is 0.227 e. The minimum Gasteiger partial charge on any atom is -0.390 e. The summed E-state index contributed by atoms with van der Waals surface area (Å²) in [6.07, 6.45) is 3.62. The molecule has 132 valence electrons. The standard InChI is InChI=1S/C19H26FNO3/c1-2-18(23)9-12-24-19(14-18)7-10-21(11-8-19)17(22)13-15-5-3-4-6-16(15)20/h3-6,23H,2,7-14H2,1H3. The second-order valence-electron chi connectivity index (χ2n) is 7.19. The maximum atomic E-state index is 13.7. The number of aliphatic hydroxyl groups is 1. The number of ether oxygens (including phenoxy) is 1. The molecule has 2 aliphatic heterocycles. The molecule has 1 aromatic rings. The van der Waals surface area contributed by atoms with Gasteiger partial charge in [-0.2, -0.15) is 0 Å². The molecule has 1 N–H and O–H groups in total. The average Bonchev–Trinajstić information content (AvgIpc) is 2.57. The van der Waals surface area contributed by atoms with E-state index >= 15 is 0 Å². The Morgan fingerprint density at radius 3 is 2.67 bits per heavy atom. The fraction of sp³-hybridized carbons (Fsp3) is 0.632. The van der Waals surface area contributed by atoms with Gasteiger partial charge in [0.05, 0.1) is 24.2 Å². The number of rotatable bonds is 3. The number of likely N-dealkylation sites (tertiary alicyclic amines) is 1. The van der Waals surface area contributed by atoms with Crippen LogP contribution in [-0.4, -0.2) is 46.8 Å². The number of hydrogen-bond donors (Lipinski definition) is 1. The van der Waals surface area contributed by atoms with Crippen molar-refractivity contribution in [2.24, 2.45) is 0 Å². The molecular weight excluding hydrogens is 309 g/mol. The summed E-state index contributed by atoms with van der Waals surface area (Å²) in [5.74, 6) is -0.375. The number of halogens is 1. The highest BCUT2D eigenvalue weighted by Crippen LogP contribution is 2.40. The van der Waals surface area contributed by atoms with Gasteiger partial charge < -0.3 is 14.7 Å². The molecule has 2 heterocycles. The van der Waals surface area contributed by atoms with E-state index in [9.17, 15) is 14.3 Å². The number of carbonyl (C=O) groups is 1. The summed E-state index contributed by atoms with van der Waals surface area (Å²) in [7, 11) is 0. The van der Waals surface area contributed by atoms with Crippen LogP contribution in [-0.2, 0) is 16.0 Å². The van der Waals surface area contributed by atoms with Crippen LogP contribution in [0.15, 0.2) is 24.3 Å². The molecule has 0 aliphatic carbocycles. The number of carbonyl (C=O) groups excluding carboxylic acids is 1. The van der Waals surface area contributed by atoms with Crippen LogP contribution in [0.25, 0.3) is 0 Å². The fourth-order valence-electron chi connectivity index (χ4n) is 3.90. The van der Waals surface area contributed by atoms with E-state index in [1.165, 1.54) is 6.07 Å². The third-order valence-electron chi connectivity index (χ3n) is 5.61. The van der Waals surface area contributed by atoms with Gasteiger partial charge in [-0.1, -0.05) is 25.1 Å². The minimum absolute atomic E-state index is 0.0449. The Bertz CT molecular complexity index is 598. The van der Waals surface area contributed by atoms with Gasteiger partial charge in [0.2, 0.25) is 5.91 Å². The molecule has 5 heteroatoms. The molecule has 4 nitrogen and oxygen atoms in total. The zero-order chi connectivity index (χ0) is 17.2. The quantitative estimate of drug-likeness (QED) is 0.924. The summed E-state index contributed by atoms with van der Waals surface area (Å²) in [6, 6.07) is 6.42. The van der Waals surface area contributed by atoms with Gasteiger partial charge in [-0.25, -0.2) is 4.39 Å². The largest absolute Gasteiger partial charge is 0.390 e. The third kappa shape index (κ3) is 3.62. The van der Waals surface area contributed by atoms with Crippen LogP contribution in [0.5, 0.6) is 0 Å². The van der Waals surface area contributed by atoms with Crippen LogP contribution < -0.4 is 0 Å². The first-order chi connectivity index (χ1) is 11.5. The van der Waals surface area contributed by atoms with Crippen LogP contribution >= 0.6 is 0 Å². The van der Waals surface area contributed by atoms with Crippen molar-refractivity contribution < 1.29 is 19.0 Å². The molecule has 1 aromatic carbocycles. The van der Waals surface area contributed by atoms with Gasteiger partial charge in [-0.3, -0.25) is 4.79 Å². The normalized spacial score (nSPS) is 26.5. The molecule has 24 heavy (non-hydrogen) atoms. The first kappa shape index (κ1) is 17.4. The molecule has 3 rings (SSSR count). The summed E-state index contributed by atoms with van der Waals surface area (Å²) in [5, 5.41) is 10.6. The summed E-state index contributed by atoms with van der Waals surface area (Å²) in [4.78, 5) is 14.2. The van der Waals surface area contributed by atoms with Crippen LogP contribution in [0, 0.1) is 5.82 Å².